The van der Waals surface area contributed by atoms with E-state index < -0.39 is 0 Å². The number of methoxy groups -OCH3 is 1. The lowest BCUT2D eigenvalue weighted by Crippen LogP contribution is -2.18. The fourth-order valence-electron chi connectivity index (χ4n) is 2.27. The lowest BCUT2D eigenvalue weighted by atomic mass is 10.1. The molecule has 0 unspecified atom stereocenters. The van der Waals surface area contributed by atoms with Crippen molar-refractivity contribution in [1.82, 2.24) is 5.32 Å². The minimum atomic E-state index is 0.195. The molecule has 2 rings (SSSR count). The van der Waals surface area contributed by atoms with Crippen LogP contribution in [0.25, 0.3) is 0 Å². The first-order valence-corrected chi connectivity index (χ1v) is 7.77. The molecule has 0 heterocycles. The van der Waals surface area contributed by atoms with Gasteiger partial charge >= 0.3 is 0 Å². The van der Waals surface area contributed by atoms with Gasteiger partial charge in [0.15, 0.2) is 0 Å². The van der Waals surface area contributed by atoms with E-state index in [1.807, 2.05) is 44.2 Å². The Hall–Kier alpha value is -2.00. The lowest BCUT2D eigenvalue weighted by molar-refractivity contribution is 0.239. The van der Waals surface area contributed by atoms with E-state index in [0.29, 0.717) is 0 Å². The monoisotopic (exact) mass is 299 g/mol. The Morgan fingerprint density at radius 3 is 2.41 bits per heavy atom. The highest BCUT2D eigenvalue weighted by atomic mass is 16.5. The SMILES string of the molecule is COc1ccc(CCNCc2ccccc2OC(C)C)cc1. The maximum Gasteiger partial charge on any atom is 0.124 e. The Labute approximate surface area is 133 Å². The molecule has 0 aromatic heterocycles. The molecule has 3 heteroatoms. The van der Waals surface area contributed by atoms with Crippen LogP contribution >= 0.6 is 0 Å². The van der Waals surface area contributed by atoms with Crippen LogP contribution in [0.1, 0.15) is 25.0 Å². The summed E-state index contributed by atoms with van der Waals surface area (Å²) >= 11 is 0. The van der Waals surface area contributed by atoms with Gasteiger partial charge in [-0.2, -0.15) is 0 Å². The van der Waals surface area contributed by atoms with Crippen molar-refractivity contribution in [2.75, 3.05) is 13.7 Å². The van der Waals surface area contributed by atoms with Gasteiger partial charge in [-0.3, -0.25) is 0 Å². The van der Waals surface area contributed by atoms with E-state index in [1.54, 1.807) is 7.11 Å². The maximum atomic E-state index is 5.83. The van der Waals surface area contributed by atoms with Crippen LogP contribution in [0, 0.1) is 0 Å². The first-order chi connectivity index (χ1) is 10.7. The van der Waals surface area contributed by atoms with Gasteiger partial charge in [-0.25, -0.2) is 0 Å². The number of ether oxygens (including phenoxy) is 2. The third kappa shape index (κ3) is 5.08. The second-order valence-corrected chi connectivity index (χ2v) is 5.55. The van der Waals surface area contributed by atoms with Crippen LogP contribution in [0.15, 0.2) is 48.5 Å². The third-order valence-corrected chi connectivity index (χ3v) is 3.40. The summed E-state index contributed by atoms with van der Waals surface area (Å²) < 4.78 is 11.0. The van der Waals surface area contributed by atoms with E-state index in [4.69, 9.17) is 9.47 Å². The summed E-state index contributed by atoms with van der Waals surface area (Å²) in [5.74, 6) is 1.87. The van der Waals surface area contributed by atoms with Crippen molar-refractivity contribution in [3.63, 3.8) is 0 Å². The number of benzene rings is 2. The van der Waals surface area contributed by atoms with Crippen molar-refractivity contribution in [3.8, 4) is 11.5 Å². The van der Waals surface area contributed by atoms with E-state index in [-0.39, 0.29) is 6.10 Å². The Bertz CT molecular complexity index is 564. The van der Waals surface area contributed by atoms with E-state index in [2.05, 4.69) is 23.5 Å². The largest absolute Gasteiger partial charge is 0.497 e. The van der Waals surface area contributed by atoms with E-state index in [1.165, 1.54) is 11.1 Å². The first-order valence-electron chi connectivity index (χ1n) is 7.77. The molecule has 0 aliphatic carbocycles. The van der Waals surface area contributed by atoms with Crippen molar-refractivity contribution in [3.05, 3.63) is 59.7 Å². The molecule has 0 amide bonds. The maximum absolute atomic E-state index is 5.83. The summed E-state index contributed by atoms with van der Waals surface area (Å²) in [6, 6.07) is 16.4. The predicted octanol–water partition coefficient (Wildman–Crippen LogP) is 3.81. The number of rotatable bonds is 8. The topological polar surface area (TPSA) is 30.5 Å². The normalized spacial score (nSPS) is 10.7. The Morgan fingerprint density at radius 1 is 1.00 bits per heavy atom. The van der Waals surface area contributed by atoms with E-state index in [0.717, 1.165) is 31.0 Å². The highest BCUT2D eigenvalue weighted by Gasteiger charge is 2.04. The third-order valence-electron chi connectivity index (χ3n) is 3.40. The van der Waals surface area contributed by atoms with Crippen molar-refractivity contribution < 1.29 is 9.47 Å². The zero-order valence-electron chi connectivity index (χ0n) is 13.6. The van der Waals surface area contributed by atoms with Gasteiger partial charge in [0.25, 0.3) is 0 Å². The molecule has 22 heavy (non-hydrogen) atoms. The lowest BCUT2D eigenvalue weighted by Gasteiger charge is -2.14. The predicted molar refractivity (Wildman–Crippen MR) is 90.6 cm³/mol. The molecule has 0 bridgehead atoms. The summed E-state index contributed by atoms with van der Waals surface area (Å²) in [5.41, 5.74) is 2.51. The number of nitrogens with one attached hydrogen (secondary N) is 1. The summed E-state index contributed by atoms with van der Waals surface area (Å²) in [7, 11) is 1.69. The van der Waals surface area contributed by atoms with Crippen LogP contribution in [-0.4, -0.2) is 19.8 Å². The van der Waals surface area contributed by atoms with Gasteiger partial charge in [-0.15, -0.1) is 0 Å². The summed E-state index contributed by atoms with van der Waals surface area (Å²) in [6.07, 6.45) is 1.19. The second-order valence-electron chi connectivity index (χ2n) is 5.55. The fraction of sp³-hybridized carbons (Fsp3) is 0.368. The van der Waals surface area contributed by atoms with E-state index >= 15 is 0 Å². The number of para-hydroxylation sites is 1. The van der Waals surface area contributed by atoms with E-state index in [9.17, 15) is 0 Å². The molecule has 118 valence electrons. The van der Waals surface area contributed by atoms with Gasteiger partial charge in [-0.1, -0.05) is 30.3 Å². The van der Waals surface area contributed by atoms with Crippen LogP contribution in [-0.2, 0) is 13.0 Å². The molecule has 0 saturated carbocycles. The second kappa shape index (κ2) is 8.44. The highest BCUT2D eigenvalue weighted by Crippen LogP contribution is 2.19. The fourth-order valence-corrected chi connectivity index (χ4v) is 2.27. The molecule has 2 aromatic rings. The minimum absolute atomic E-state index is 0.195. The van der Waals surface area contributed by atoms with Gasteiger partial charge in [0, 0.05) is 12.1 Å². The Morgan fingerprint density at radius 2 is 1.73 bits per heavy atom. The highest BCUT2D eigenvalue weighted by molar-refractivity contribution is 5.33. The average molecular weight is 299 g/mol. The number of hydrogen-bond acceptors (Lipinski definition) is 3. The van der Waals surface area contributed by atoms with Crippen LogP contribution in [0.5, 0.6) is 11.5 Å². The van der Waals surface area contributed by atoms with Crippen LogP contribution < -0.4 is 14.8 Å². The van der Waals surface area contributed by atoms with Gasteiger partial charge in [0.1, 0.15) is 11.5 Å². The van der Waals surface area contributed by atoms with Gasteiger partial charge in [0.05, 0.1) is 13.2 Å². The van der Waals surface area contributed by atoms with Crippen LogP contribution in [0.4, 0.5) is 0 Å². The molecule has 0 radical (unpaired) electrons. The molecule has 0 saturated heterocycles. The molecule has 1 N–H and O–H groups in total. The molecule has 3 nitrogen and oxygen atoms in total. The Balaban J connectivity index is 1.81. The molecule has 0 aliphatic heterocycles. The molecule has 2 aromatic carbocycles. The minimum Gasteiger partial charge on any atom is -0.497 e. The summed E-state index contributed by atoms with van der Waals surface area (Å²) in [4.78, 5) is 0. The molecule has 0 atom stereocenters. The smallest absolute Gasteiger partial charge is 0.124 e. The van der Waals surface area contributed by atoms with Crippen molar-refractivity contribution >= 4 is 0 Å². The summed E-state index contributed by atoms with van der Waals surface area (Å²) in [6.45, 7) is 5.85. The number of hydrogen-bond donors (Lipinski definition) is 1. The molecular formula is C19H25NO2. The molecule has 0 aliphatic rings. The van der Waals surface area contributed by atoms with Crippen molar-refractivity contribution in [2.45, 2.75) is 32.9 Å². The van der Waals surface area contributed by atoms with Crippen LogP contribution in [0.2, 0.25) is 0 Å². The standard InChI is InChI=1S/C19H25NO2/c1-15(2)22-19-7-5-4-6-17(19)14-20-13-12-16-8-10-18(21-3)11-9-16/h4-11,15,20H,12-14H2,1-3H3. The zero-order chi connectivity index (χ0) is 15.8. The average Bonchev–Trinajstić information content (AvgIpc) is 2.53. The Kier molecular flexibility index (Phi) is 6.28. The molecule has 0 spiro atoms. The van der Waals surface area contributed by atoms with Gasteiger partial charge in [-0.05, 0) is 50.6 Å². The van der Waals surface area contributed by atoms with Crippen molar-refractivity contribution in [1.29, 1.82) is 0 Å². The van der Waals surface area contributed by atoms with Crippen LogP contribution in [0.3, 0.4) is 0 Å². The first kappa shape index (κ1) is 16.4. The summed E-state index contributed by atoms with van der Waals surface area (Å²) in [5, 5.41) is 3.48. The van der Waals surface area contributed by atoms with Gasteiger partial charge < -0.3 is 14.8 Å². The zero-order valence-corrected chi connectivity index (χ0v) is 13.6. The van der Waals surface area contributed by atoms with Crippen molar-refractivity contribution in [2.24, 2.45) is 0 Å². The molecule has 0 fully saturated rings. The van der Waals surface area contributed by atoms with Gasteiger partial charge in [0.2, 0.25) is 0 Å². The quantitative estimate of drug-likeness (QED) is 0.752. The molecular weight excluding hydrogens is 274 g/mol.